The van der Waals surface area contributed by atoms with Gasteiger partial charge in [-0.25, -0.2) is 0 Å². The van der Waals surface area contributed by atoms with E-state index in [4.69, 9.17) is 0 Å². The standard InChI is InChI=1S/C61H38N2/c1-2-18-44-42(16-1)43-17-3-4-19-45(43)52-38-41(36-37-46(44)52)62(39-32-34-40(35-33-39)63-57-29-13-8-22-49(57)50-23-9-14-30-58(50)63)59-31-15-28-56-60(59)51-24-7-12-27-55(51)61(56)53-25-10-5-20-47(53)48-21-6-11-26-54(48)61/h1-38H. The third kappa shape index (κ3) is 4.57. The van der Waals surface area contributed by atoms with E-state index in [1.165, 1.54) is 98.6 Å². The van der Waals surface area contributed by atoms with Gasteiger partial charge in [0.15, 0.2) is 0 Å². The monoisotopic (exact) mass is 798 g/mol. The molecule has 292 valence electrons. The van der Waals surface area contributed by atoms with E-state index in [9.17, 15) is 0 Å². The second-order valence-electron chi connectivity index (χ2n) is 17.1. The lowest BCUT2D eigenvalue weighted by Gasteiger charge is -2.32. The number of rotatable bonds is 4. The zero-order chi connectivity index (χ0) is 41.2. The first-order valence-corrected chi connectivity index (χ1v) is 21.9. The summed E-state index contributed by atoms with van der Waals surface area (Å²) in [7, 11) is 0. The maximum atomic E-state index is 2.51. The summed E-state index contributed by atoms with van der Waals surface area (Å²) in [4.78, 5) is 2.51. The fourth-order valence-corrected chi connectivity index (χ4v) is 11.7. The van der Waals surface area contributed by atoms with Crippen LogP contribution in [-0.2, 0) is 5.41 Å². The molecule has 0 radical (unpaired) electrons. The second kappa shape index (κ2) is 12.9. The SMILES string of the molecule is c1ccc2c(c1)-c1ccccc1C21c2ccccc2-c2c(N(c3ccc(-n4c5ccccc5c5ccccc54)cc3)c3ccc4c5ccccc5c5ccccc5c4c3)cccc21. The van der Waals surface area contributed by atoms with Crippen molar-refractivity contribution >= 4 is 71.2 Å². The van der Waals surface area contributed by atoms with E-state index in [-0.39, 0.29) is 0 Å². The van der Waals surface area contributed by atoms with Gasteiger partial charge in [-0.2, -0.15) is 0 Å². The summed E-state index contributed by atoms with van der Waals surface area (Å²) >= 11 is 0. The van der Waals surface area contributed by atoms with Crippen molar-refractivity contribution in [2.24, 2.45) is 0 Å². The first-order valence-electron chi connectivity index (χ1n) is 21.9. The van der Waals surface area contributed by atoms with Gasteiger partial charge in [0.25, 0.3) is 0 Å². The Morgan fingerprint density at radius 3 is 1.32 bits per heavy atom. The zero-order valence-electron chi connectivity index (χ0n) is 34.3. The first kappa shape index (κ1) is 34.5. The maximum absolute atomic E-state index is 2.51. The molecular weight excluding hydrogens is 761 g/mol. The van der Waals surface area contributed by atoms with Crippen LogP contribution in [0, 0.1) is 0 Å². The van der Waals surface area contributed by atoms with Crippen LogP contribution in [0.1, 0.15) is 22.3 Å². The van der Waals surface area contributed by atoms with Crippen molar-refractivity contribution in [1.82, 2.24) is 4.57 Å². The number of fused-ring (bicyclic) bond motifs is 19. The summed E-state index contributed by atoms with van der Waals surface area (Å²) in [6.45, 7) is 0. The van der Waals surface area contributed by atoms with Crippen LogP contribution in [0.5, 0.6) is 0 Å². The lowest BCUT2D eigenvalue weighted by atomic mass is 9.70. The molecule has 63 heavy (non-hydrogen) atoms. The predicted octanol–water partition coefficient (Wildman–Crippen LogP) is 16.1. The van der Waals surface area contributed by atoms with Crippen molar-refractivity contribution in [2.75, 3.05) is 4.90 Å². The molecule has 0 saturated heterocycles. The summed E-state index contributed by atoms with van der Waals surface area (Å²) in [5.74, 6) is 0. The smallest absolute Gasteiger partial charge is 0.0726 e. The van der Waals surface area contributed by atoms with Gasteiger partial charge in [0, 0.05) is 33.4 Å². The molecule has 0 aliphatic heterocycles. The van der Waals surface area contributed by atoms with Crippen molar-refractivity contribution in [1.29, 1.82) is 0 Å². The van der Waals surface area contributed by atoms with Crippen molar-refractivity contribution < 1.29 is 0 Å². The Morgan fingerprint density at radius 2 is 0.730 bits per heavy atom. The van der Waals surface area contributed by atoms with Gasteiger partial charge >= 0.3 is 0 Å². The van der Waals surface area contributed by atoms with Crippen LogP contribution in [0.4, 0.5) is 17.1 Å². The molecule has 0 N–H and O–H groups in total. The van der Waals surface area contributed by atoms with E-state index in [1.54, 1.807) is 0 Å². The third-order valence-electron chi connectivity index (χ3n) is 14.2. The van der Waals surface area contributed by atoms with Gasteiger partial charge in [-0.1, -0.05) is 176 Å². The normalized spacial score (nSPS) is 13.2. The molecule has 0 saturated carbocycles. The van der Waals surface area contributed by atoms with Gasteiger partial charge in [0.1, 0.15) is 0 Å². The fourth-order valence-electron chi connectivity index (χ4n) is 11.7. The average molecular weight is 799 g/mol. The van der Waals surface area contributed by atoms with Gasteiger partial charge in [-0.05, 0) is 126 Å². The molecule has 0 atom stereocenters. The third-order valence-corrected chi connectivity index (χ3v) is 14.2. The molecule has 1 heterocycles. The van der Waals surface area contributed by atoms with Gasteiger partial charge in [0.2, 0.25) is 0 Å². The molecule has 2 nitrogen and oxygen atoms in total. The summed E-state index contributed by atoms with van der Waals surface area (Å²) in [5, 5.41) is 10.1. The molecule has 0 bridgehead atoms. The van der Waals surface area contributed by atoms with Crippen LogP contribution in [0.25, 0.3) is 82.1 Å². The molecule has 0 fully saturated rings. The van der Waals surface area contributed by atoms with Gasteiger partial charge in [-0.15, -0.1) is 0 Å². The number of hydrogen-bond donors (Lipinski definition) is 0. The molecular formula is C61H38N2. The molecule has 1 aromatic heterocycles. The Bertz CT molecular complexity index is 3740. The molecule has 1 spiro atoms. The fraction of sp³-hybridized carbons (Fsp3) is 0.0164. The Kier molecular flexibility index (Phi) is 7.07. The highest BCUT2D eigenvalue weighted by Crippen LogP contribution is 2.64. The van der Waals surface area contributed by atoms with E-state index < -0.39 is 5.41 Å². The van der Waals surface area contributed by atoms with Crippen LogP contribution in [0.15, 0.2) is 231 Å². The number of benzene rings is 11. The Morgan fingerprint density at radius 1 is 0.302 bits per heavy atom. The van der Waals surface area contributed by atoms with Crippen LogP contribution < -0.4 is 4.90 Å². The number of aromatic nitrogens is 1. The van der Waals surface area contributed by atoms with Gasteiger partial charge in [0.05, 0.1) is 22.1 Å². The van der Waals surface area contributed by atoms with E-state index in [0.717, 1.165) is 22.7 Å². The highest BCUT2D eigenvalue weighted by Gasteiger charge is 2.52. The minimum absolute atomic E-state index is 0.445. The molecule has 14 rings (SSSR count). The molecule has 0 unspecified atom stereocenters. The number of anilines is 3. The Balaban J connectivity index is 1.05. The Hall–Kier alpha value is -8.20. The quantitative estimate of drug-likeness (QED) is 0.161. The van der Waals surface area contributed by atoms with Crippen LogP contribution in [-0.4, -0.2) is 4.57 Å². The average Bonchev–Trinajstić information content (AvgIpc) is 3.97. The van der Waals surface area contributed by atoms with Crippen molar-refractivity contribution in [2.45, 2.75) is 5.41 Å². The van der Waals surface area contributed by atoms with Gasteiger partial charge in [-0.3, -0.25) is 0 Å². The molecule has 2 heteroatoms. The second-order valence-corrected chi connectivity index (χ2v) is 17.1. The minimum atomic E-state index is -0.445. The van der Waals surface area contributed by atoms with E-state index >= 15 is 0 Å². The number of nitrogens with zero attached hydrogens (tertiary/aromatic N) is 2. The van der Waals surface area contributed by atoms with Crippen LogP contribution >= 0.6 is 0 Å². The summed E-state index contributed by atoms with van der Waals surface area (Å²) in [6, 6.07) is 85.9. The summed E-state index contributed by atoms with van der Waals surface area (Å²) < 4.78 is 2.40. The lowest BCUT2D eigenvalue weighted by molar-refractivity contribution is 0.794. The van der Waals surface area contributed by atoms with Gasteiger partial charge < -0.3 is 9.47 Å². The molecule has 12 aromatic rings. The first-order chi connectivity index (χ1) is 31.3. The van der Waals surface area contributed by atoms with E-state index in [2.05, 4.69) is 240 Å². The highest BCUT2D eigenvalue weighted by atomic mass is 15.1. The zero-order valence-corrected chi connectivity index (χ0v) is 34.3. The molecule has 11 aromatic carbocycles. The Labute approximate surface area is 365 Å². The van der Waals surface area contributed by atoms with E-state index in [1.807, 2.05) is 0 Å². The van der Waals surface area contributed by atoms with E-state index in [0.29, 0.717) is 0 Å². The van der Waals surface area contributed by atoms with Crippen molar-refractivity contribution in [3.63, 3.8) is 0 Å². The lowest BCUT2D eigenvalue weighted by Crippen LogP contribution is -2.26. The van der Waals surface area contributed by atoms with Crippen molar-refractivity contribution in [3.05, 3.63) is 253 Å². The summed E-state index contributed by atoms with van der Waals surface area (Å²) in [6.07, 6.45) is 0. The minimum Gasteiger partial charge on any atom is -0.310 e. The van der Waals surface area contributed by atoms with Crippen LogP contribution in [0.2, 0.25) is 0 Å². The topological polar surface area (TPSA) is 8.17 Å². The molecule has 2 aliphatic carbocycles. The number of para-hydroxylation sites is 2. The van der Waals surface area contributed by atoms with Crippen LogP contribution in [0.3, 0.4) is 0 Å². The highest BCUT2D eigenvalue weighted by molar-refractivity contribution is 6.26. The maximum Gasteiger partial charge on any atom is 0.0726 e. The number of hydrogen-bond acceptors (Lipinski definition) is 1. The largest absolute Gasteiger partial charge is 0.310 e. The summed E-state index contributed by atoms with van der Waals surface area (Å²) in [5.41, 5.74) is 17.0. The van der Waals surface area contributed by atoms with Crippen molar-refractivity contribution in [3.8, 4) is 27.9 Å². The predicted molar refractivity (Wildman–Crippen MR) is 264 cm³/mol. The molecule has 0 amide bonds. The molecule has 2 aliphatic rings.